The van der Waals surface area contributed by atoms with Gasteiger partial charge >= 0.3 is 11.9 Å². The highest BCUT2D eigenvalue weighted by atomic mass is 16.6. The van der Waals surface area contributed by atoms with Gasteiger partial charge in [-0.2, -0.15) is 0 Å². The minimum absolute atomic E-state index is 0.0215. The summed E-state index contributed by atoms with van der Waals surface area (Å²) in [6, 6.07) is 0. The molecule has 27 heavy (non-hydrogen) atoms. The zero-order chi connectivity index (χ0) is 19.2. The van der Waals surface area contributed by atoms with Gasteiger partial charge in [0, 0.05) is 18.3 Å². The van der Waals surface area contributed by atoms with E-state index < -0.39 is 0 Å². The molecule has 0 spiro atoms. The SMILES string of the molecule is CC(=O)O[C@@H]1CO[C@@H]2C3=C[C@H]4OC(=O)[C@@]5(C)CCC[C@@](C)([C@@H]45)[C@H]3CC[C@@]21C. The van der Waals surface area contributed by atoms with E-state index in [4.69, 9.17) is 14.2 Å². The fourth-order valence-electron chi connectivity index (χ4n) is 7.47. The zero-order valence-corrected chi connectivity index (χ0v) is 16.7. The van der Waals surface area contributed by atoms with Gasteiger partial charge in [0.05, 0.1) is 18.1 Å². The van der Waals surface area contributed by atoms with Crippen molar-refractivity contribution in [1.82, 2.24) is 0 Å². The Morgan fingerprint density at radius 1 is 1.19 bits per heavy atom. The summed E-state index contributed by atoms with van der Waals surface area (Å²) in [7, 11) is 0. The second-order valence-electron chi connectivity index (χ2n) is 10.2. The van der Waals surface area contributed by atoms with Crippen LogP contribution in [-0.4, -0.2) is 36.9 Å². The third-order valence-corrected chi connectivity index (χ3v) is 8.73. The number of ether oxygens (including phenoxy) is 3. The van der Waals surface area contributed by atoms with Crippen LogP contribution in [0.15, 0.2) is 11.6 Å². The fraction of sp³-hybridized carbons (Fsp3) is 0.818. The number of fused-ring (bicyclic) bond motifs is 4. The molecule has 2 saturated carbocycles. The van der Waals surface area contributed by atoms with Gasteiger partial charge in [0.25, 0.3) is 0 Å². The number of rotatable bonds is 1. The van der Waals surface area contributed by atoms with Crippen LogP contribution in [0.1, 0.15) is 59.8 Å². The van der Waals surface area contributed by atoms with Crippen LogP contribution in [0.4, 0.5) is 0 Å². The monoisotopic (exact) mass is 374 g/mol. The number of carbonyl (C=O) groups excluding carboxylic acids is 2. The first-order chi connectivity index (χ1) is 12.7. The average Bonchev–Trinajstić information content (AvgIpc) is 3.03. The van der Waals surface area contributed by atoms with E-state index in [0.29, 0.717) is 12.5 Å². The van der Waals surface area contributed by atoms with Gasteiger partial charge in [-0.1, -0.05) is 20.3 Å². The van der Waals surface area contributed by atoms with Crippen molar-refractivity contribution < 1.29 is 23.8 Å². The third kappa shape index (κ3) is 2.10. The van der Waals surface area contributed by atoms with Gasteiger partial charge in [0.1, 0.15) is 12.2 Å². The summed E-state index contributed by atoms with van der Waals surface area (Å²) in [5.41, 5.74) is 0.814. The van der Waals surface area contributed by atoms with Crippen molar-refractivity contribution in [2.45, 2.75) is 78.1 Å². The molecule has 0 bridgehead atoms. The van der Waals surface area contributed by atoms with E-state index in [2.05, 4.69) is 26.8 Å². The van der Waals surface area contributed by atoms with E-state index in [1.807, 2.05) is 0 Å². The maximum absolute atomic E-state index is 12.7. The normalized spacial score (nSPS) is 53.0. The van der Waals surface area contributed by atoms with Crippen LogP contribution < -0.4 is 0 Å². The first-order valence-corrected chi connectivity index (χ1v) is 10.4. The summed E-state index contributed by atoms with van der Waals surface area (Å²) in [6.07, 6.45) is 7.01. The van der Waals surface area contributed by atoms with Crippen molar-refractivity contribution in [1.29, 1.82) is 0 Å². The zero-order valence-electron chi connectivity index (χ0n) is 16.7. The Kier molecular flexibility index (Phi) is 3.52. The molecule has 5 aliphatic rings. The molecular formula is C22H30O5. The molecule has 0 aromatic rings. The fourth-order valence-corrected chi connectivity index (χ4v) is 7.47. The lowest BCUT2D eigenvalue weighted by Crippen LogP contribution is -2.57. The third-order valence-electron chi connectivity index (χ3n) is 8.73. The van der Waals surface area contributed by atoms with Gasteiger partial charge in [-0.15, -0.1) is 0 Å². The lowest BCUT2D eigenvalue weighted by atomic mass is 9.45. The second kappa shape index (κ2) is 5.37. The molecule has 2 heterocycles. The van der Waals surface area contributed by atoms with Crippen molar-refractivity contribution >= 4 is 11.9 Å². The molecule has 2 saturated heterocycles. The first-order valence-electron chi connectivity index (χ1n) is 10.4. The van der Waals surface area contributed by atoms with Gasteiger partial charge in [-0.05, 0) is 55.6 Å². The Morgan fingerprint density at radius 2 is 1.96 bits per heavy atom. The van der Waals surface area contributed by atoms with Gasteiger partial charge in [0.2, 0.25) is 0 Å². The van der Waals surface area contributed by atoms with Gasteiger partial charge in [-0.3, -0.25) is 9.59 Å². The highest BCUT2D eigenvalue weighted by Crippen LogP contribution is 2.67. The van der Waals surface area contributed by atoms with Gasteiger partial charge in [0.15, 0.2) is 0 Å². The van der Waals surface area contributed by atoms with Crippen LogP contribution in [0, 0.1) is 28.1 Å². The lowest BCUT2D eigenvalue weighted by molar-refractivity contribution is -0.152. The predicted molar refractivity (Wildman–Crippen MR) is 97.6 cm³/mol. The molecule has 2 aliphatic heterocycles. The van der Waals surface area contributed by atoms with E-state index in [-0.39, 0.29) is 52.4 Å². The summed E-state index contributed by atoms with van der Waals surface area (Å²) < 4.78 is 17.8. The average molecular weight is 374 g/mol. The topological polar surface area (TPSA) is 61.8 Å². The van der Waals surface area contributed by atoms with Crippen LogP contribution in [-0.2, 0) is 23.8 Å². The molecule has 148 valence electrons. The van der Waals surface area contributed by atoms with Crippen molar-refractivity contribution in [2.24, 2.45) is 28.1 Å². The molecule has 5 nitrogen and oxygen atoms in total. The molecule has 0 aromatic carbocycles. The lowest BCUT2D eigenvalue weighted by Gasteiger charge is -2.58. The Morgan fingerprint density at radius 3 is 2.70 bits per heavy atom. The van der Waals surface area contributed by atoms with E-state index >= 15 is 0 Å². The molecule has 5 heteroatoms. The Bertz CT molecular complexity index is 743. The predicted octanol–water partition coefficient (Wildman–Crippen LogP) is 3.41. The number of hydrogen-bond donors (Lipinski definition) is 0. The van der Waals surface area contributed by atoms with E-state index in [0.717, 1.165) is 32.1 Å². The smallest absolute Gasteiger partial charge is 0.312 e. The van der Waals surface area contributed by atoms with E-state index in [1.165, 1.54) is 12.5 Å². The van der Waals surface area contributed by atoms with E-state index in [9.17, 15) is 9.59 Å². The standard InChI is InChI=1S/C22H30O5/c1-12(23)26-16-11-25-18-13-10-15-17-20(2,14(13)6-9-21(16,18)3)7-5-8-22(17,4)19(24)27-15/h10,14-18H,5-9,11H2,1-4H3/t14-,15+,16+,17+,18+,20+,21+,22-/m0/s1. The highest BCUT2D eigenvalue weighted by molar-refractivity contribution is 5.80. The van der Waals surface area contributed by atoms with Crippen LogP contribution in [0.25, 0.3) is 0 Å². The maximum atomic E-state index is 12.7. The molecular weight excluding hydrogens is 344 g/mol. The van der Waals surface area contributed by atoms with Crippen LogP contribution in [0.5, 0.6) is 0 Å². The molecule has 0 unspecified atom stereocenters. The summed E-state index contributed by atoms with van der Waals surface area (Å²) in [6.45, 7) is 8.60. The second-order valence-corrected chi connectivity index (χ2v) is 10.2. The summed E-state index contributed by atoms with van der Waals surface area (Å²) in [5, 5.41) is 0. The van der Waals surface area contributed by atoms with Crippen molar-refractivity contribution in [3.8, 4) is 0 Å². The van der Waals surface area contributed by atoms with Crippen LogP contribution in [0.2, 0.25) is 0 Å². The van der Waals surface area contributed by atoms with Crippen molar-refractivity contribution in [2.75, 3.05) is 6.61 Å². The largest absolute Gasteiger partial charge is 0.459 e. The highest BCUT2D eigenvalue weighted by Gasteiger charge is 2.68. The number of hydrogen-bond acceptors (Lipinski definition) is 5. The summed E-state index contributed by atoms with van der Waals surface area (Å²) in [4.78, 5) is 24.3. The number of esters is 2. The van der Waals surface area contributed by atoms with Crippen molar-refractivity contribution in [3.63, 3.8) is 0 Å². The molecule has 0 radical (unpaired) electrons. The Balaban J connectivity index is 1.56. The maximum Gasteiger partial charge on any atom is 0.312 e. The Hall–Kier alpha value is -1.36. The van der Waals surface area contributed by atoms with Gasteiger partial charge in [-0.25, -0.2) is 0 Å². The quantitative estimate of drug-likeness (QED) is 0.520. The van der Waals surface area contributed by atoms with Gasteiger partial charge < -0.3 is 14.2 Å². The molecule has 0 amide bonds. The molecule has 5 rings (SSSR count). The van der Waals surface area contributed by atoms with Crippen molar-refractivity contribution in [3.05, 3.63) is 11.6 Å². The summed E-state index contributed by atoms with van der Waals surface area (Å²) >= 11 is 0. The molecule has 0 N–H and O–H groups in total. The molecule has 4 fully saturated rings. The number of carbonyl (C=O) groups is 2. The molecule has 0 aromatic heterocycles. The van der Waals surface area contributed by atoms with Crippen LogP contribution in [0.3, 0.4) is 0 Å². The molecule has 8 atom stereocenters. The summed E-state index contributed by atoms with van der Waals surface area (Å²) in [5.74, 6) is 0.411. The minimum atomic E-state index is -0.350. The first kappa shape index (κ1) is 17.7. The minimum Gasteiger partial charge on any atom is -0.459 e. The van der Waals surface area contributed by atoms with Crippen LogP contribution >= 0.6 is 0 Å². The molecule has 3 aliphatic carbocycles. The Labute approximate surface area is 160 Å². The van der Waals surface area contributed by atoms with E-state index in [1.54, 1.807) is 0 Å².